The molecule has 2 amide bonds. The summed E-state index contributed by atoms with van der Waals surface area (Å²) in [5.74, 6) is -0.189. The van der Waals surface area contributed by atoms with Crippen molar-refractivity contribution >= 4 is 29.1 Å². The highest BCUT2D eigenvalue weighted by atomic mass is 19.1. The fourth-order valence-electron chi connectivity index (χ4n) is 8.68. The van der Waals surface area contributed by atoms with E-state index in [1.54, 1.807) is 0 Å². The number of Topliss-reactive ketones (excluding diaryl/α,β-unsaturated/α-hetero) is 1. The Morgan fingerprint density at radius 2 is 1.76 bits per heavy atom. The molecule has 0 radical (unpaired) electrons. The summed E-state index contributed by atoms with van der Waals surface area (Å²) in [6.45, 7) is 5.31. The minimum Gasteiger partial charge on any atom is -0.380 e. The van der Waals surface area contributed by atoms with Gasteiger partial charge in [0.1, 0.15) is 17.3 Å². The van der Waals surface area contributed by atoms with Gasteiger partial charge >= 0.3 is 0 Å². The summed E-state index contributed by atoms with van der Waals surface area (Å²) in [5, 5.41) is 3.19. The molecule has 1 aliphatic carbocycles. The summed E-state index contributed by atoms with van der Waals surface area (Å²) in [4.78, 5) is 53.9. The van der Waals surface area contributed by atoms with Gasteiger partial charge in [0, 0.05) is 63.8 Å². The maximum atomic E-state index is 14.7. The zero-order valence-corrected chi connectivity index (χ0v) is 30.9. The first-order valence-corrected chi connectivity index (χ1v) is 19.8. The number of ketones is 1. The molecular formula is C43H49FN6O4. The third kappa shape index (κ3) is 8.17. The summed E-state index contributed by atoms with van der Waals surface area (Å²) < 4.78 is 22.4. The Morgan fingerprint density at radius 3 is 2.59 bits per heavy atom. The van der Waals surface area contributed by atoms with Gasteiger partial charge in [0.25, 0.3) is 5.91 Å². The van der Waals surface area contributed by atoms with E-state index in [4.69, 9.17) is 4.74 Å². The maximum Gasteiger partial charge on any atom is 0.271 e. The largest absolute Gasteiger partial charge is 0.380 e. The number of aromatic nitrogens is 3. The second-order valence-corrected chi connectivity index (χ2v) is 15.5. The molecule has 1 atom stereocenters. The summed E-state index contributed by atoms with van der Waals surface area (Å²) in [6.07, 6.45) is 12.1. The van der Waals surface area contributed by atoms with E-state index in [1.807, 2.05) is 30.5 Å². The molecule has 11 heteroatoms. The predicted octanol–water partition coefficient (Wildman–Crippen LogP) is 7.28. The van der Waals surface area contributed by atoms with Crippen LogP contribution in [0.1, 0.15) is 96.4 Å². The number of carbonyl (C=O) groups excluding carboxylic acids is 3. The summed E-state index contributed by atoms with van der Waals surface area (Å²) in [5.41, 5.74) is 4.41. The van der Waals surface area contributed by atoms with Gasteiger partial charge in [-0.1, -0.05) is 36.4 Å². The van der Waals surface area contributed by atoms with E-state index >= 15 is 0 Å². The first kappa shape index (κ1) is 36.2. The standard InChI is InChI=1S/C43H49FN6O4/c44-34-25-37-41(52)33(15-8-29-11-16-35(17-12-29)46-43(53)38-28-49-19-2-1-7-39(49)47-38)24-40(51)50(42(37)45-26-34)36-6-3-5-32(23-36)31-13-9-30(10-14-31)27-48-18-4-21-54-22-20-48/h3,5-6,9-10,13-14,23,25-26,28-29,33,35H,1-2,4,7-8,11-12,15-22,24,27H2,(H,46,53). The average Bonchev–Trinajstić information content (AvgIpc) is 3.42. The number of halogens is 1. The fourth-order valence-corrected chi connectivity index (χ4v) is 8.68. The Morgan fingerprint density at radius 1 is 0.907 bits per heavy atom. The van der Waals surface area contributed by atoms with Crippen molar-refractivity contribution in [1.82, 2.24) is 24.8 Å². The predicted molar refractivity (Wildman–Crippen MR) is 204 cm³/mol. The molecule has 8 rings (SSSR count). The van der Waals surface area contributed by atoms with Crippen LogP contribution in [0.2, 0.25) is 0 Å². The van der Waals surface area contributed by atoms with Gasteiger partial charge in [0.15, 0.2) is 11.6 Å². The Bertz CT molecular complexity index is 1960. The number of benzene rings is 2. The Balaban J connectivity index is 0.913. The number of amides is 2. The van der Waals surface area contributed by atoms with Crippen LogP contribution in [0.3, 0.4) is 0 Å². The molecular weight excluding hydrogens is 684 g/mol. The van der Waals surface area contributed by atoms with Crippen molar-refractivity contribution in [1.29, 1.82) is 0 Å². The number of pyridine rings is 1. The first-order valence-electron chi connectivity index (χ1n) is 19.8. The molecule has 4 aliphatic rings. The SMILES string of the molecule is O=C(NC1CCC(CCC2CC(=O)N(c3cccc(-c4ccc(CN5CCCOCC5)cc4)c3)c3ncc(F)cc3C2=O)CC1)c1cn2c(n1)CCCC2. The van der Waals surface area contributed by atoms with Crippen molar-refractivity contribution in [2.75, 3.05) is 31.2 Å². The van der Waals surface area contributed by atoms with Gasteiger partial charge in [-0.15, -0.1) is 0 Å². The number of hydrogen-bond acceptors (Lipinski definition) is 7. The Labute approximate surface area is 316 Å². The van der Waals surface area contributed by atoms with Crippen LogP contribution in [-0.2, 0) is 29.0 Å². The molecule has 2 fully saturated rings. The average molecular weight is 733 g/mol. The van der Waals surface area contributed by atoms with Gasteiger partial charge in [-0.25, -0.2) is 14.4 Å². The van der Waals surface area contributed by atoms with Crippen molar-refractivity contribution < 1.29 is 23.5 Å². The topological polar surface area (TPSA) is 110 Å². The summed E-state index contributed by atoms with van der Waals surface area (Å²) >= 11 is 0. The van der Waals surface area contributed by atoms with Gasteiger partial charge in [-0.2, -0.15) is 0 Å². The number of fused-ring (bicyclic) bond motifs is 2. The smallest absolute Gasteiger partial charge is 0.271 e. The second-order valence-electron chi connectivity index (χ2n) is 15.5. The molecule has 5 heterocycles. The lowest BCUT2D eigenvalue weighted by molar-refractivity contribution is -0.118. The third-order valence-corrected chi connectivity index (χ3v) is 11.7. The van der Waals surface area contributed by atoms with E-state index in [-0.39, 0.29) is 41.4 Å². The number of nitrogens with zero attached hydrogens (tertiary/aromatic N) is 5. The second kappa shape index (κ2) is 16.3. The van der Waals surface area contributed by atoms with Crippen LogP contribution in [0.15, 0.2) is 67.0 Å². The summed E-state index contributed by atoms with van der Waals surface area (Å²) in [6, 6.07) is 17.5. The molecule has 2 aromatic heterocycles. The van der Waals surface area contributed by atoms with Crippen molar-refractivity contribution in [3.05, 3.63) is 95.5 Å². The molecule has 1 saturated heterocycles. The lowest BCUT2D eigenvalue weighted by Gasteiger charge is -2.29. The van der Waals surface area contributed by atoms with Crippen molar-refractivity contribution in [3.63, 3.8) is 0 Å². The molecule has 2 aromatic carbocycles. The van der Waals surface area contributed by atoms with Gasteiger partial charge in [0.2, 0.25) is 5.91 Å². The zero-order valence-electron chi connectivity index (χ0n) is 30.9. The van der Waals surface area contributed by atoms with Crippen LogP contribution in [0.4, 0.5) is 15.9 Å². The van der Waals surface area contributed by atoms with E-state index < -0.39 is 11.7 Å². The maximum absolute atomic E-state index is 14.7. The highest BCUT2D eigenvalue weighted by molar-refractivity contribution is 6.13. The minimum atomic E-state index is -0.604. The lowest BCUT2D eigenvalue weighted by atomic mass is 9.80. The monoisotopic (exact) mass is 732 g/mol. The molecule has 0 spiro atoms. The van der Waals surface area contributed by atoms with Gasteiger partial charge in [-0.05, 0) is 98.6 Å². The number of nitrogens with one attached hydrogen (secondary N) is 1. The number of rotatable bonds is 9. The van der Waals surface area contributed by atoms with Gasteiger partial charge < -0.3 is 14.6 Å². The van der Waals surface area contributed by atoms with E-state index in [1.165, 1.54) is 16.5 Å². The van der Waals surface area contributed by atoms with E-state index in [0.29, 0.717) is 23.7 Å². The molecule has 3 aliphatic heterocycles. The van der Waals surface area contributed by atoms with Gasteiger partial charge in [0.05, 0.1) is 24.1 Å². The molecule has 4 aromatic rings. The number of aryl methyl sites for hydroxylation is 2. The van der Waals surface area contributed by atoms with E-state index in [9.17, 15) is 18.8 Å². The van der Waals surface area contributed by atoms with Crippen LogP contribution in [0.5, 0.6) is 0 Å². The van der Waals surface area contributed by atoms with Gasteiger partial charge in [-0.3, -0.25) is 24.2 Å². The molecule has 1 unspecified atom stereocenters. The highest BCUT2D eigenvalue weighted by Crippen LogP contribution is 2.38. The van der Waals surface area contributed by atoms with Crippen molar-refractivity contribution in [2.45, 2.75) is 89.8 Å². The third-order valence-electron chi connectivity index (χ3n) is 11.7. The molecule has 1 N–H and O–H groups in total. The van der Waals surface area contributed by atoms with Crippen LogP contribution in [0, 0.1) is 17.7 Å². The molecule has 282 valence electrons. The zero-order chi connectivity index (χ0) is 37.0. The van der Waals surface area contributed by atoms with E-state index in [0.717, 1.165) is 120 Å². The molecule has 10 nitrogen and oxygen atoms in total. The highest BCUT2D eigenvalue weighted by Gasteiger charge is 2.36. The van der Waals surface area contributed by atoms with Crippen LogP contribution >= 0.6 is 0 Å². The Hall–Kier alpha value is -4.74. The molecule has 0 bridgehead atoms. The van der Waals surface area contributed by atoms with Crippen LogP contribution in [-0.4, -0.2) is 69.4 Å². The summed E-state index contributed by atoms with van der Waals surface area (Å²) in [7, 11) is 0. The number of carbonyl (C=O) groups is 3. The van der Waals surface area contributed by atoms with Crippen LogP contribution in [0.25, 0.3) is 11.1 Å². The minimum absolute atomic E-state index is 0.0251. The number of hydrogen-bond donors (Lipinski definition) is 1. The van der Waals surface area contributed by atoms with Crippen molar-refractivity contribution in [3.8, 4) is 11.1 Å². The van der Waals surface area contributed by atoms with E-state index in [2.05, 4.69) is 49.0 Å². The molecule has 1 saturated carbocycles. The quantitative estimate of drug-likeness (QED) is 0.193. The Kier molecular flexibility index (Phi) is 11.0. The number of imidazole rings is 1. The van der Waals surface area contributed by atoms with Crippen LogP contribution < -0.4 is 10.2 Å². The fraction of sp³-hybridized carbons (Fsp3) is 0.465. The first-order chi connectivity index (χ1) is 26.4. The van der Waals surface area contributed by atoms with Crippen molar-refractivity contribution in [2.24, 2.45) is 11.8 Å². The molecule has 54 heavy (non-hydrogen) atoms. The number of anilines is 2. The number of ether oxygens (including phenoxy) is 1. The lowest BCUT2D eigenvalue weighted by Crippen LogP contribution is -2.38. The normalized spacial score (nSPS) is 22.2.